The van der Waals surface area contributed by atoms with E-state index in [0.717, 1.165) is 102 Å². The summed E-state index contributed by atoms with van der Waals surface area (Å²) in [6, 6.07) is 126. The lowest BCUT2D eigenvalue weighted by Gasteiger charge is -2.50. The standard InChI is InChI=1S/C78H58N8/c1-9-33-57(34-10-1)73-83(61-41-17-5-18-42-61)77(65-49-25-27-51-67(65)81-71-55-31-29-53-69(71)79(75(77)81)59-37-13-3-14-38-59)85(63-45-21-7-22-46-63)74(58-35-11-2-12-36-58)86(64-47-23-8-24-48-64)78(84(73)62-43-19-6-20-44-62)66-50-26-28-52-68(66)82-72-56-32-30-54-70(72)80(76(78)82)60-39-15-4-16-40-60/h1-56,75-76H/q+2. The second-order valence-corrected chi connectivity index (χ2v) is 22.4. The largest absolute Gasteiger partial charge is 0.322 e. The fourth-order valence-electron chi connectivity index (χ4n) is 15.0. The maximum Gasteiger partial charge on any atom is 0.322 e. The first-order chi connectivity index (χ1) is 42.8. The van der Waals surface area contributed by atoms with Crippen LogP contribution in [-0.2, 0) is 11.3 Å². The first kappa shape index (κ1) is 49.4. The van der Waals surface area contributed by atoms with Crippen molar-refractivity contribution >= 4 is 79.9 Å². The van der Waals surface area contributed by atoms with Gasteiger partial charge < -0.3 is 19.6 Å². The maximum atomic E-state index is 2.76. The van der Waals surface area contributed by atoms with Gasteiger partial charge in [-0.2, -0.15) is 19.0 Å². The van der Waals surface area contributed by atoms with E-state index in [9.17, 15) is 0 Å². The van der Waals surface area contributed by atoms with Crippen LogP contribution in [0.25, 0.3) is 0 Å². The third-order valence-electron chi connectivity index (χ3n) is 18.0. The molecule has 0 amide bonds. The lowest BCUT2D eigenvalue weighted by atomic mass is 9.87. The average molecular weight is 1110 g/mol. The molecule has 5 aliphatic heterocycles. The number of amidine groups is 2. The fraction of sp³-hybridized carbons (Fsp3) is 0.0513. The Balaban J connectivity index is 1.20. The molecule has 12 aromatic carbocycles. The number of nitrogens with zero attached hydrogens (tertiary/aromatic N) is 8. The molecule has 86 heavy (non-hydrogen) atoms. The molecule has 0 radical (unpaired) electrons. The summed E-state index contributed by atoms with van der Waals surface area (Å²) >= 11 is 0. The number of benzene rings is 12. The Morgan fingerprint density at radius 3 is 0.791 bits per heavy atom. The van der Waals surface area contributed by atoms with Gasteiger partial charge in [0.25, 0.3) is 11.7 Å². The van der Waals surface area contributed by atoms with Crippen LogP contribution in [0.4, 0.5) is 68.2 Å². The number of hydrogen-bond donors (Lipinski definition) is 0. The summed E-state index contributed by atoms with van der Waals surface area (Å²) in [6.45, 7) is 0. The van der Waals surface area contributed by atoms with Crippen LogP contribution < -0.4 is 29.4 Å². The van der Waals surface area contributed by atoms with Crippen LogP contribution >= 0.6 is 0 Å². The summed E-state index contributed by atoms with van der Waals surface area (Å²) in [5.41, 5.74) is 14.6. The van der Waals surface area contributed by atoms with Gasteiger partial charge in [-0.15, -0.1) is 0 Å². The van der Waals surface area contributed by atoms with Crippen molar-refractivity contribution in [2.45, 2.75) is 23.7 Å². The molecule has 4 atom stereocenters. The van der Waals surface area contributed by atoms with Gasteiger partial charge in [0, 0.05) is 11.4 Å². The van der Waals surface area contributed by atoms with E-state index in [1.165, 1.54) is 0 Å². The van der Waals surface area contributed by atoms with Gasteiger partial charge in [-0.05, 0) is 146 Å². The van der Waals surface area contributed by atoms with E-state index in [-0.39, 0.29) is 0 Å². The molecule has 8 nitrogen and oxygen atoms in total. The van der Waals surface area contributed by atoms with Crippen molar-refractivity contribution in [3.05, 3.63) is 362 Å². The molecule has 0 N–H and O–H groups in total. The highest BCUT2D eigenvalue weighted by Gasteiger charge is 2.78. The molecule has 12 aromatic rings. The van der Waals surface area contributed by atoms with E-state index >= 15 is 0 Å². The summed E-state index contributed by atoms with van der Waals surface area (Å²) in [5, 5.41) is 0. The molecule has 5 heterocycles. The molecule has 0 aliphatic carbocycles. The van der Waals surface area contributed by atoms with E-state index < -0.39 is 23.7 Å². The smallest absolute Gasteiger partial charge is 0.310 e. The summed E-state index contributed by atoms with van der Waals surface area (Å²) in [4.78, 5) is 16.1. The molecule has 408 valence electrons. The monoisotopic (exact) mass is 1110 g/mol. The lowest BCUT2D eigenvalue weighted by molar-refractivity contribution is -0.573. The van der Waals surface area contributed by atoms with Crippen LogP contribution in [0.1, 0.15) is 22.3 Å². The van der Waals surface area contributed by atoms with Crippen molar-refractivity contribution in [2.24, 2.45) is 0 Å². The van der Waals surface area contributed by atoms with E-state index in [4.69, 9.17) is 0 Å². The lowest BCUT2D eigenvalue weighted by Crippen LogP contribution is -2.75. The minimum absolute atomic E-state index is 0.522. The first-order valence-corrected chi connectivity index (χ1v) is 29.7. The number of para-hydroxylation sites is 12. The quantitative estimate of drug-likeness (QED) is 0.141. The van der Waals surface area contributed by atoms with Crippen molar-refractivity contribution < 1.29 is 9.15 Å². The van der Waals surface area contributed by atoms with Crippen LogP contribution in [0.3, 0.4) is 0 Å². The Morgan fingerprint density at radius 1 is 0.221 bits per heavy atom. The predicted molar refractivity (Wildman–Crippen MR) is 350 cm³/mol. The zero-order valence-electron chi connectivity index (χ0n) is 47.1. The molecule has 5 aliphatic rings. The van der Waals surface area contributed by atoms with Gasteiger partial charge in [0.05, 0.1) is 56.4 Å². The second kappa shape index (κ2) is 19.7. The highest BCUT2D eigenvalue weighted by atomic mass is 15.6. The molecule has 4 unspecified atom stereocenters. The van der Waals surface area contributed by atoms with Gasteiger partial charge in [-0.25, -0.2) is 0 Å². The van der Waals surface area contributed by atoms with Crippen LogP contribution in [0.2, 0.25) is 0 Å². The molecule has 8 heteroatoms. The number of fused-ring (bicyclic) bond motifs is 14. The van der Waals surface area contributed by atoms with E-state index in [1.54, 1.807) is 0 Å². The van der Waals surface area contributed by atoms with Crippen LogP contribution in [0.15, 0.2) is 340 Å². The highest BCUT2D eigenvalue weighted by Crippen LogP contribution is 2.66. The molecule has 0 fully saturated rings. The molecule has 2 spiro atoms. The predicted octanol–water partition coefficient (Wildman–Crippen LogP) is 17.6. The Kier molecular flexibility index (Phi) is 11.3. The third-order valence-corrected chi connectivity index (χ3v) is 18.0. The topological polar surface area (TPSA) is 25.5 Å². The summed E-state index contributed by atoms with van der Waals surface area (Å²) in [6.07, 6.45) is -1.04. The zero-order valence-corrected chi connectivity index (χ0v) is 47.1. The molecule has 17 rings (SSSR count). The van der Waals surface area contributed by atoms with Gasteiger partial charge >= 0.3 is 11.3 Å². The fourth-order valence-corrected chi connectivity index (χ4v) is 15.0. The van der Waals surface area contributed by atoms with Gasteiger partial charge in [-0.3, -0.25) is 0 Å². The van der Waals surface area contributed by atoms with E-state index in [0.29, 0.717) is 0 Å². The normalized spacial score (nSPS) is 21.4. The van der Waals surface area contributed by atoms with Crippen molar-refractivity contribution in [1.29, 1.82) is 0 Å². The molecule has 0 saturated heterocycles. The van der Waals surface area contributed by atoms with Crippen LogP contribution in [0, 0.1) is 0 Å². The molecular weight excluding hydrogens is 1050 g/mol. The second-order valence-electron chi connectivity index (χ2n) is 22.4. The summed E-state index contributed by atoms with van der Waals surface area (Å²) in [7, 11) is 0. The Bertz CT molecular complexity index is 4240. The third kappa shape index (κ3) is 6.92. The minimum Gasteiger partial charge on any atom is -0.310 e. The Morgan fingerprint density at radius 2 is 0.465 bits per heavy atom. The average Bonchev–Trinajstić information content (AvgIpc) is 1.79. The van der Waals surface area contributed by atoms with Crippen molar-refractivity contribution in [1.82, 2.24) is 0 Å². The van der Waals surface area contributed by atoms with E-state index in [2.05, 4.69) is 378 Å². The van der Waals surface area contributed by atoms with Crippen molar-refractivity contribution in [3.8, 4) is 0 Å². The minimum atomic E-state index is -1.28. The molecule has 0 saturated carbocycles. The van der Waals surface area contributed by atoms with Crippen LogP contribution in [-0.4, -0.2) is 33.2 Å². The highest BCUT2D eigenvalue weighted by molar-refractivity contribution is 6.14. The Labute approximate surface area is 501 Å². The van der Waals surface area contributed by atoms with Crippen LogP contribution in [0.5, 0.6) is 0 Å². The number of anilines is 10. The van der Waals surface area contributed by atoms with Crippen molar-refractivity contribution in [3.63, 3.8) is 0 Å². The molecular formula is C78H58N8+2. The van der Waals surface area contributed by atoms with Gasteiger partial charge in [-0.1, -0.05) is 194 Å². The number of rotatable bonds is 8. The maximum absolute atomic E-state index is 2.76. The van der Waals surface area contributed by atoms with E-state index in [1.807, 2.05) is 0 Å². The van der Waals surface area contributed by atoms with Gasteiger partial charge in [0.2, 0.25) is 12.3 Å². The summed E-state index contributed by atoms with van der Waals surface area (Å²) < 4.78 is 5.53. The summed E-state index contributed by atoms with van der Waals surface area (Å²) in [5.74, 6) is 1.94. The van der Waals surface area contributed by atoms with Gasteiger partial charge in [0.1, 0.15) is 22.7 Å². The number of hydrogen-bond acceptors (Lipinski definition) is 6. The SMILES string of the molecule is c1ccc(/C2=[N+](\c3ccccc3)C3(c4ccccc4N4c5ccccc5N(c5ccccc5)C43)N(c3ccccc3)/C(c3ccccc3)=[N+](/c3ccccc3)C3(c4ccccc4N4c5ccccc5N(c5ccccc5)C43)N2c2ccccc2)cc1. The van der Waals surface area contributed by atoms with Gasteiger partial charge in [0.15, 0.2) is 0 Å². The first-order valence-electron chi connectivity index (χ1n) is 29.7. The molecule has 0 aromatic heterocycles. The molecule has 0 bridgehead atoms. The Hall–Kier alpha value is -11.2. The van der Waals surface area contributed by atoms with Crippen molar-refractivity contribution in [2.75, 3.05) is 29.4 Å². The zero-order chi connectivity index (χ0) is 56.8.